The second kappa shape index (κ2) is 4.51. The van der Waals surface area contributed by atoms with Gasteiger partial charge in [0.2, 0.25) is 0 Å². The van der Waals surface area contributed by atoms with Crippen molar-refractivity contribution < 1.29 is 0 Å². The summed E-state index contributed by atoms with van der Waals surface area (Å²) in [5.41, 5.74) is 1.15. The maximum atomic E-state index is 4.46. The van der Waals surface area contributed by atoms with E-state index < -0.39 is 0 Å². The maximum absolute atomic E-state index is 4.46. The van der Waals surface area contributed by atoms with Crippen molar-refractivity contribution in [2.75, 3.05) is 23.3 Å². The Labute approximate surface area is 91.5 Å². The fraction of sp³-hybridized carbons (Fsp3) is 0.583. The summed E-state index contributed by atoms with van der Waals surface area (Å²) in [4.78, 5) is 6.72. The summed E-state index contributed by atoms with van der Waals surface area (Å²) in [6.07, 6.45) is 4.54. The van der Waals surface area contributed by atoms with Crippen LogP contribution < -0.4 is 10.2 Å². The number of pyridine rings is 1. The fourth-order valence-corrected chi connectivity index (χ4v) is 1.67. The third-order valence-electron chi connectivity index (χ3n) is 2.78. The molecule has 1 aliphatic rings. The Morgan fingerprint density at radius 2 is 2.07 bits per heavy atom. The Morgan fingerprint density at radius 1 is 1.33 bits per heavy atom. The second-order valence-electron chi connectivity index (χ2n) is 4.00. The van der Waals surface area contributed by atoms with E-state index in [-0.39, 0.29) is 0 Å². The average Bonchev–Trinajstić information content (AvgIpc) is 3.06. The lowest BCUT2D eigenvalue weighted by Crippen LogP contribution is -2.22. The van der Waals surface area contributed by atoms with E-state index in [2.05, 4.69) is 41.2 Å². The Bertz CT molecular complexity index is 299. The van der Waals surface area contributed by atoms with Gasteiger partial charge in [-0.15, -0.1) is 0 Å². The van der Waals surface area contributed by atoms with E-state index in [4.69, 9.17) is 0 Å². The quantitative estimate of drug-likeness (QED) is 0.800. The van der Waals surface area contributed by atoms with E-state index in [0.29, 0.717) is 6.04 Å². The number of aromatic nitrogens is 1. The third kappa shape index (κ3) is 2.61. The number of nitrogens with zero attached hydrogens (tertiary/aromatic N) is 2. The molecule has 1 aromatic rings. The lowest BCUT2D eigenvalue weighted by Gasteiger charge is -2.19. The van der Waals surface area contributed by atoms with Crippen LogP contribution >= 0.6 is 0 Å². The minimum Gasteiger partial charge on any atom is -0.381 e. The first-order valence-electron chi connectivity index (χ1n) is 5.81. The van der Waals surface area contributed by atoms with E-state index in [1.807, 2.05) is 6.20 Å². The lowest BCUT2D eigenvalue weighted by atomic mass is 10.3. The van der Waals surface area contributed by atoms with Crippen LogP contribution in [0, 0.1) is 0 Å². The molecule has 0 unspecified atom stereocenters. The van der Waals surface area contributed by atoms with Crippen LogP contribution in [0.5, 0.6) is 0 Å². The van der Waals surface area contributed by atoms with Gasteiger partial charge in [0.25, 0.3) is 0 Å². The Morgan fingerprint density at radius 3 is 2.53 bits per heavy atom. The van der Waals surface area contributed by atoms with Crippen LogP contribution in [-0.4, -0.2) is 24.1 Å². The topological polar surface area (TPSA) is 28.2 Å². The third-order valence-corrected chi connectivity index (χ3v) is 2.78. The number of hydrogen-bond donors (Lipinski definition) is 1. The van der Waals surface area contributed by atoms with Crippen molar-refractivity contribution in [2.24, 2.45) is 0 Å². The second-order valence-corrected chi connectivity index (χ2v) is 4.00. The van der Waals surface area contributed by atoms with Crippen molar-refractivity contribution in [3.05, 3.63) is 18.3 Å². The molecule has 1 heterocycles. The molecule has 1 aromatic heterocycles. The van der Waals surface area contributed by atoms with Gasteiger partial charge in [-0.1, -0.05) is 0 Å². The van der Waals surface area contributed by atoms with Gasteiger partial charge < -0.3 is 10.2 Å². The van der Waals surface area contributed by atoms with Crippen molar-refractivity contribution in [2.45, 2.75) is 32.7 Å². The van der Waals surface area contributed by atoms with Gasteiger partial charge in [0, 0.05) is 19.1 Å². The monoisotopic (exact) mass is 205 g/mol. The summed E-state index contributed by atoms with van der Waals surface area (Å²) in [7, 11) is 0. The Kier molecular flexibility index (Phi) is 3.09. The van der Waals surface area contributed by atoms with Crippen LogP contribution in [-0.2, 0) is 0 Å². The van der Waals surface area contributed by atoms with Gasteiger partial charge in [-0.25, -0.2) is 4.98 Å². The zero-order chi connectivity index (χ0) is 10.7. The minimum absolute atomic E-state index is 0.700. The largest absolute Gasteiger partial charge is 0.381 e. The molecule has 3 nitrogen and oxygen atoms in total. The zero-order valence-corrected chi connectivity index (χ0v) is 9.53. The number of anilines is 2. The molecule has 2 rings (SSSR count). The summed E-state index contributed by atoms with van der Waals surface area (Å²) < 4.78 is 0. The summed E-state index contributed by atoms with van der Waals surface area (Å²) in [6, 6.07) is 4.92. The van der Waals surface area contributed by atoms with E-state index >= 15 is 0 Å². The van der Waals surface area contributed by atoms with Gasteiger partial charge in [-0.3, -0.25) is 0 Å². The molecule has 0 atom stereocenters. The van der Waals surface area contributed by atoms with E-state index in [9.17, 15) is 0 Å². The standard InChI is InChI=1S/C12H19N3/c1-3-15(4-2)12-8-7-11(9-13-12)14-10-5-6-10/h7-10,14H,3-6H2,1-2H3. The van der Waals surface area contributed by atoms with Gasteiger partial charge >= 0.3 is 0 Å². The van der Waals surface area contributed by atoms with Crippen LogP contribution in [0.3, 0.4) is 0 Å². The molecule has 1 aliphatic carbocycles. The average molecular weight is 205 g/mol. The van der Waals surface area contributed by atoms with Crippen LogP contribution in [0.4, 0.5) is 11.5 Å². The van der Waals surface area contributed by atoms with Gasteiger partial charge in [-0.05, 0) is 38.8 Å². The molecule has 0 saturated heterocycles. The highest BCUT2D eigenvalue weighted by atomic mass is 15.2. The van der Waals surface area contributed by atoms with Crippen molar-refractivity contribution in [1.29, 1.82) is 0 Å². The molecule has 0 radical (unpaired) electrons. The fourth-order valence-electron chi connectivity index (χ4n) is 1.67. The molecule has 0 bridgehead atoms. The predicted octanol–water partition coefficient (Wildman–Crippen LogP) is 2.50. The van der Waals surface area contributed by atoms with Crippen molar-refractivity contribution in [3.8, 4) is 0 Å². The molecule has 0 amide bonds. The molecular formula is C12H19N3. The summed E-state index contributed by atoms with van der Waals surface area (Å²) in [5.74, 6) is 1.07. The van der Waals surface area contributed by atoms with E-state index in [1.165, 1.54) is 12.8 Å². The molecule has 15 heavy (non-hydrogen) atoms. The smallest absolute Gasteiger partial charge is 0.128 e. The summed E-state index contributed by atoms with van der Waals surface area (Å²) in [5, 5.41) is 3.44. The Hall–Kier alpha value is -1.25. The van der Waals surface area contributed by atoms with Crippen LogP contribution in [0.2, 0.25) is 0 Å². The van der Waals surface area contributed by atoms with Crippen LogP contribution in [0.15, 0.2) is 18.3 Å². The Balaban J connectivity index is 2.01. The van der Waals surface area contributed by atoms with Gasteiger partial charge in [0.15, 0.2) is 0 Å². The molecule has 1 fully saturated rings. The molecular weight excluding hydrogens is 186 g/mol. The molecule has 82 valence electrons. The minimum atomic E-state index is 0.700. The highest BCUT2D eigenvalue weighted by molar-refractivity contribution is 5.49. The van der Waals surface area contributed by atoms with Gasteiger partial charge in [0.05, 0.1) is 11.9 Å². The normalized spacial score (nSPS) is 15.1. The molecule has 0 spiro atoms. The van der Waals surface area contributed by atoms with Crippen LogP contribution in [0.1, 0.15) is 26.7 Å². The van der Waals surface area contributed by atoms with Crippen LogP contribution in [0.25, 0.3) is 0 Å². The SMILES string of the molecule is CCN(CC)c1ccc(NC2CC2)cn1. The molecule has 0 aromatic carbocycles. The molecule has 3 heteroatoms. The number of nitrogens with one attached hydrogen (secondary N) is 1. The molecule has 1 N–H and O–H groups in total. The zero-order valence-electron chi connectivity index (χ0n) is 9.53. The highest BCUT2D eigenvalue weighted by Gasteiger charge is 2.20. The van der Waals surface area contributed by atoms with Gasteiger partial charge in [-0.2, -0.15) is 0 Å². The molecule has 1 saturated carbocycles. The van der Waals surface area contributed by atoms with Crippen molar-refractivity contribution in [3.63, 3.8) is 0 Å². The highest BCUT2D eigenvalue weighted by Crippen LogP contribution is 2.24. The van der Waals surface area contributed by atoms with Crippen molar-refractivity contribution in [1.82, 2.24) is 4.98 Å². The van der Waals surface area contributed by atoms with Crippen molar-refractivity contribution >= 4 is 11.5 Å². The first-order valence-corrected chi connectivity index (χ1v) is 5.81. The van der Waals surface area contributed by atoms with E-state index in [1.54, 1.807) is 0 Å². The lowest BCUT2D eigenvalue weighted by molar-refractivity contribution is 0.846. The molecule has 0 aliphatic heterocycles. The first-order chi connectivity index (χ1) is 7.33. The van der Waals surface area contributed by atoms with E-state index in [0.717, 1.165) is 24.6 Å². The summed E-state index contributed by atoms with van der Waals surface area (Å²) >= 11 is 0. The maximum Gasteiger partial charge on any atom is 0.128 e. The summed E-state index contributed by atoms with van der Waals surface area (Å²) in [6.45, 7) is 6.33. The number of rotatable bonds is 5. The number of hydrogen-bond acceptors (Lipinski definition) is 3. The van der Waals surface area contributed by atoms with Gasteiger partial charge in [0.1, 0.15) is 5.82 Å². The first kappa shape index (κ1) is 10.3. The predicted molar refractivity (Wildman–Crippen MR) is 64.4 cm³/mol.